The first-order valence-electron chi connectivity index (χ1n) is 29.9. The van der Waals surface area contributed by atoms with Crippen molar-refractivity contribution >= 4 is 19.7 Å². The first-order chi connectivity index (χ1) is 35.4. The Hall–Kier alpha value is -2.81. The first-order valence-corrected chi connectivity index (χ1v) is 31.4. The number of amides is 1. The summed E-state index contributed by atoms with van der Waals surface area (Å²) in [5, 5.41) is 3.01. The maximum Gasteiger partial charge on any atom is 0.306 e. The van der Waals surface area contributed by atoms with E-state index in [9.17, 15) is 19.0 Å². The highest BCUT2D eigenvalue weighted by Crippen LogP contribution is 2.38. The van der Waals surface area contributed by atoms with Crippen molar-refractivity contribution in [2.24, 2.45) is 0 Å². The lowest BCUT2D eigenvalue weighted by atomic mass is 10.0. The second kappa shape index (κ2) is 52.6. The fourth-order valence-electron chi connectivity index (χ4n) is 8.19. The quantitative estimate of drug-likeness (QED) is 0.0212. The predicted molar refractivity (Wildman–Crippen MR) is 311 cm³/mol. The van der Waals surface area contributed by atoms with Crippen molar-refractivity contribution in [1.82, 2.24) is 5.32 Å². The maximum atomic E-state index is 13.5. The molecule has 0 rings (SSSR count). The van der Waals surface area contributed by atoms with Crippen molar-refractivity contribution in [1.29, 1.82) is 0 Å². The van der Waals surface area contributed by atoms with Crippen LogP contribution in [-0.2, 0) is 27.9 Å². The van der Waals surface area contributed by atoms with Crippen LogP contribution in [0.2, 0.25) is 0 Å². The fourth-order valence-corrected chi connectivity index (χ4v) is 8.91. The van der Waals surface area contributed by atoms with Gasteiger partial charge in [0, 0.05) is 12.8 Å². The van der Waals surface area contributed by atoms with Gasteiger partial charge in [-0.3, -0.25) is 14.2 Å². The molecule has 0 aromatic rings. The van der Waals surface area contributed by atoms with E-state index in [2.05, 4.69) is 99.0 Å². The Morgan fingerprint density at radius 1 is 0.493 bits per heavy atom. The van der Waals surface area contributed by atoms with Gasteiger partial charge < -0.3 is 28.5 Å². The van der Waals surface area contributed by atoms with Gasteiger partial charge in [0.1, 0.15) is 19.3 Å². The van der Waals surface area contributed by atoms with E-state index in [-0.39, 0.29) is 24.9 Å². The van der Waals surface area contributed by atoms with Gasteiger partial charge in [-0.2, -0.15) is 0 Å². The van der Waals surface area contributed by atoms with Gasteiger partial charge in [0.2, 0.25) is 5.91 Å². The average Bonchev–Trinajstić information content (AvgIpc) is 3.35. The van der Waals surface area contributed by atoms with Crippen molar-refractivity contribution in [3.05, 3.63) is 85.1 Å². The second-order valence-electron chi connectivity index (χ2n) is 21.1. The largest absolute Gasteiger partial charge is 0.756 e. The molecule has 9 nitrogen and oxygen atoms in total. The molecule has 10 heteroatoms. The summed E-state index contributed by atoms with van der Waals surface area (Å²) in [6.07, 6.45) is 68.3. The van der Waals surface area contributed by atoms with Crippen molar-refractivity contribution in [2.75, 3.05) is 40.9 Å². The summed E-state index contributed by atoms with van der Waals surface area (Å²) in [5.41, 5.74) is 0. The van der Waals surface area contributed by atoms with Crippen LogP contribution < -0.4 is 10.2 Å². The van der Waals surface area contributed by atoms with Gasteiger partial charge in [0.15, 0.2) is 0 Å². The highest BCUT2D eigenvalue weighted by atomic mass is 31.2. The Morgan fingerprint density at radius 2 is 0.877 bits per heavy atom. The van der Waals surface area contributed by atoms with E-state index in [0.29, 0.717) is 23.9 Å². The van der Waals surface area contributed by atoms with Crippen LogP contribution in [0, 0.1) is 0 Å². The molecule has 1 amide bonds. The van der Waals surface area contributed by atoms with E-state index in [1.165, 1.54) is 103 Å². The summed E-state index contributed by atoms with van der Waals surface area (Å²) in [7, 11) is 1.16. The van der Waals surface area contributed by atoms with Gasteiger partial charge in [-0.25, -0.2) is 0 Å². The zero-order valence-corrected chi connectivity index (χ0v) is 49.0. The summed E-state index contributed by atoms with van der Waals surface area (Å²) < 4.78 is 30.2. The maximum absolute atomic E-state index is 13.5. The number of ether oxygens (including phenoxy) is 1. The number of esters is 1. The lowest BCUT2D eigenvalue weighted by molar-refractivity contribution is -0.870. The van der Waals surface area contributed by atoms with Crippen LogP contribution in [0.4, 0.5) is 0 Å². The molecule has 0 saturated carbocycles. The smallest absolute Gasteiger partial charge is 0.306 e. The number of hydrogen-bond donors (Lipinski definition) is 1. The van der Waals surface area contributed by atoms with Crippen LogP contribution in [0.1, 0.15) is 252 Å². The first kappa shape index (κ1) is 70.2. The van der Waals surface area contributed by atoms with Gasteiger partial charge in [-0.15, -0.1) is 0 Å². The predicted octanol–water partition coefficient (Wildman–Crippen LogP) is 17.6. The number of phosphoric acid groups is 1. The molecule has 3 atom stereocenters. The van der Waals surface area contributed by atoms with E-state index in [1.54, 1.807) is 0 Å². The standard InChI is InChI=1S/C63H113N2O7P/c1-7-10-13-16-19-22-25-28-30-31-32-33-34-35-36-37-40-43-46-49-52-55-62(66)64-60(59-71-73(68,69)70-58-57-65(4,5)6)61(54-51-48-45-42-39-27-24-21-18-15-12-9-3)72-63(67)56-53-50-47-44-41-38-29-26-23-20-17-14-11-8-2/h11,14,19-20,22-23,28-30,32-33,38,51,54,60-61H,7-10,12-13,15-18,21,24-27,31,34-37,39-50,52-53,55-59H2,1-6H3,(H-,64,66,68,69)/b14-11+,22-19-,23-20+,30-28-,33-32-,38-29+,54-51-. The fraction of sp³-hybridized carbons (Fsp3) is 0.746. The Kier molecular flexibility index (Phi) is 50.6. The molecular formula is C63H113N2O7P. The topological polar surface area (TPSA) is 114 Å². The Labute approximate surface area is 450 Å². The molecule has 422 valence electrons. The van der Waals surface area contributed by atoms with Crippen LogP contribution in [0.3, 0.4) is 0 Å². The number of allylic oxidation sites excluding steroid dienone is 13. The van der Waals surface area contributed by atoms with Gasteiger partial charge in [-0.05, 0) is 102 Å². The number of quaternary nitrogens is 1. The molecule has 0 radical (unpaired) electrons. The highest BCUT2D eigenvalue weighted by Gasteiger charge is 2.27. The number of carbonyl (C=O) groups excluding carboxylic acids is 2. The number of nitrogens with zero attached hydrogens (tertiary/aromatic N) is 1. The Balaban J connectivity index is 5.30. The summed E-state index contributed by atoms with van der Waals surface area (Å²) >= 11 is 0. The van der Waals surface area contributed by atoms with Crippen LogP contribution in [0.15, 0.2) is 85.1 Å². The zero-order chi connectivity index (χ0) is 53.6. The minimum Gasteiger partial charge on any atom is -0.756 e. The van der Waals surface area contributed by atoms with Crippen molar-refractivity contribution in [2.45, 2.75) is 264 Å². The van der Waals surface area contributed by atoms with Crippen molar-refractivity contribution in [3.63, 3.8) is 0 Å². The van der Waals surface area contributed by atoms with Crippen molar-refractivity contribution in [3.8, 4) is 0 Å². The van der Waals surface area contributed by atoms with E-state index >= 15 is 0 Å². The normalized spacial score (nSPS) is 14.3. The second-order valence-corrected chi connectivity index (χ2v) is 22.5. The lowest BCUT2D eigenvalue weighted by Gasteiger charge is -2.30. The molecule has 0 aliphatic heterocycles. The minimum atomic E-state index is -4.71. The number of hydrogen-bond acceptors (Lipinski definition) is 7. The monoisotopic (exact) mass is 1040 g/mol. The molecule has 0 heterocycles. The molecule has 0 aliphatic carbocycles. The molecule has 73 heavy (non-hydrogen) atoms. The third kappa shape index (κ3) is 53.8. The van der Waals surface area contributed by atoms with Crippen molar-refractivity contribution < 1.29 is 37.3 Å². The number of unbranched alkanes of at least 4 members (excludes halogenated alkanes) is 25. The minimum absolute atomic E-state index is 0.0312. The molecule has 0 aliphatic rings. The third-order valence-corrected chi connectivity index (χ3v) is 13.8. The molecule has 0 saturated heterocycles. The number of phosphoric ester groups is 1. The molecule has 0 bridgehead atoms. The molecule has 0 fully saturated rings. The molecule has 1 N–H and O–H groups in total. The SMILES string of the molecule is CC/C=C/C/C=C/C/C=C/CCCCCCC(=O)OC(/C=C\CCCCCCCCCCCC)C(COP(=O)([O-])OCC[N+](C)(C)C)NC(=O)CCCCCCCCCC/C=C\C/C=C\C/C=C\CCCCC. The molecular weight excluding hydrogens is 928 g/mol. The number of nitrogens with one attached hydrogen (secondary N) is 1. The number of carbonyl (C=O) groups is 2. The molecule has 3 unspecified atom stereocenters. The summed E-state index contributed by atoms with van der Waals surface area (Å²) in [5.74, 6) is -0.578. The Bertz CT molecular complexity index is 1530. The van der Waals surface area contributed by atoms with Gasteiger partial charge in [0.25, 0.3) is 7.82 Å². The summed E-state index contributed by atoms with van der Waals surface area (Å²) in [4.78, 5) is 39.9. The Morgan fingerprint density at radius 3 is 1.34 bits per heavy atom. The van der Waals surface area contributed by atoms with E-state index < -0.39 is 26.6 Å². The van der Waals surface area contributed by atoms with E-state index in [4.69, 9.17) is 13.8 Å². The average molecular weight is 1040 g/mol. The van der Waals surface area contributed by atoms with Gasteiger partial charge in [0.05, 0.1) is 33.8 Å². The summed E-state index contributed by atoms with van der Waals surface area (Å²) in [6.45, 7) is 6.67. The molecule has 0 aromatic carbocycles. The van der Waals surface area contributed by atoms with E-state index in [1.807, 2.05) is 33.3 Å². The van der Waals surface area contributed by atoms with Gasteiger partial charge in [-0.1, -0.05) is 222 Å². The highest BCUT2D eigenvalue weighted by molar-refractivity contribution is 7.45. The van der Waals surface area contributed by atoms with Crippen LogP contribution >= 0.6 is 7.82 Å². The molecule has 0 aromatic heterocycles. The van der Waals surface area contributed by atoms with Crippen LogP contribution in [0.5, 0.6) is 0 Å². The third-order valence-electron chi connectivity index (χ3n) is 12.8. The summed E-state index contributed by atoms with van der Waals surface area (Å²) in [6, 6.07) is -0.905. The van der Waals surface area contributed by atoms with Gasteiger partial charge >= 0.3 is 5.97 Å². The van der Waals surface area contributed by atoms with E-state index in [0.717, 1.165) is 109 Å². The van der Waals surface area contributed by atoms with Crippen LogP contribution in [-0.4, -0.2) is 69.4 Å². The van der Waals surface area contributed by atoms with Crippen LogP contribution in [0.25, 0.3) is 0 Å². The number of rotatable bonds is 53. The number of likely N-dealkylation sites (N-methyl/N-ethyl adjacent to an activating group) is 1. The zero-order valence-electron chi connectivity index (χ0n) is 48.1. The molecule has 0 spiro atoms. The lowest BCUT2D eigenvalue weighted by Crippen LogP contribution is -2.47.